The Hall–Kier alpha value is -1.61. The highest BCUT2D eigenvalue weighted by molar-refractivity contribution is 6.06. The van der Waals surface area contributed by atoms with Gasteiger partial charge in [0.2, 0.25) is 0 Å². The maximum atomic E-state index is 9.08. The average molecular weight is 176 g/mol. The Morgan fingerprint density at radius 3 is 2.54 bits per heavy atom. The Morgan fingerprint density at radius 2 is 2.00 bits per heavy atom. The minimum atomic E-state index is 0.0221. The summed E-state index contributed by atoms with van der Waals surface area (Å²) in [6.45, 7) is 0.0647. The molecule has 0 unspecified atom stereocenters. The molecule has 4 N–H and O–H groups in total. The maximum absolute atomic E-state index is 9.08. The first-order valence-corrected chi connectivity index (χ1v) is 3.97. The van der Waals surface area contributed by atoms with Crippen LogP contribution in [0.5, 0.6) is 0 Å². The van der Waals surface area contributed by atoms with E-state index in [0.29, 0.717) is 0 Å². The molecule has 3 nitrogen and oxygen atoms in total. The Bertz CT molecular complexity index is 317. The summed E-state index contributed by atoms with van der Waals surface area (Å²) < 4.78 is 0. The fourth-order valence-corrected chi connectivity index (χ4v) is 0.927. The summed E-state index contributed by atoms with van der Waals surface area (Å²) in [5.74, 6) is 0.0221. The largest absolute Gasteiger partial charge is 0.511 e. The Balaban J connectivity index is 2.81. The van der Waals surface area contributed by atoms with E-state index in [4.69, 9.17) is 16.2 Å². The second-order valence-electron chi connectivity index (χ2n) is 2.62. The number of benzene rings is 1. The number of allylic oxidation sites excluding steroid dienone is 1. The third-order valence-corrected chi connectivity index (χ3v) is 1.60. The van der Waals surface area contributed by atoms with E-state index < -0.39 is 0 Å². The van der Waals surface area contributed by atoms with Crippen LogP contribution < -0.4 is 5.73 Å². The van der Waals surface area contributed by atoms with Crippen LogP contribution in [0.25, 0.3) is 0 Å². The number of hydrogen-bond acceptors (Lipinski definition) is 3. The zero-order chi connectivity index (χ0) is 9.68. The lowest BCUT2D eigenvalue weighted by atomic mass is 10.1. The SMILES string of the molecule is N=C(/C=C(\O)CN)c1ccccc1. The van der Waals surface area contributed by atoms with E-state index >= 15 is 0 Å². The smallest absolute Gasteiger partial charge is 0.108 e. The van der Waals surface area contributed by atoms with Crippen molar-refractivity contribution >= 4 is 5.71 Å². The maximum Gasteiger partial charge on any atom is 0.108 e. The molecule has 0 bridgehead atoms. The number of hydrogen-bond donors (Lipinski definition) is 3. The lowest BCUT2D eigenvalue weighted by molar-refractivity contribution is 0.404. The molecule has 0 atom stereocenters. The average Bonchev–Trinajstić information content (AvgIpc) is 2.19. The quantitative estimate of drug-likeness (QED) is 0.482. The van der Waals surface area contributed by atoms with Crippen molar-refractivity contribution in [2.24, 2.45) is 5.73 Å². The summed E-state index contributed by atoms with van der Waals surface area (Å²) in [6, 6.07) is 9.18. The van der Waals surface area contributed by atoms with Gasteiger partial charge in [-0.3, -0.25) is 0 Å². The summed E-state index contributed by atoms with van der Waals surface area (Å²) in [7, 11) is 0. The van der Waals surface area contributed by atoms with Gasteiger partial charge in [-0.25, -0.2) is 0 Å². The van der Waals surface area contributed by atoms with Gasteiger partial charge in [-0.15, -0.1) is 0 Å². The summed E-state index contributed by atoms with van der Waals surface area (Å²) >= 11 is 0. The molecular formula is C10H12N2O. The summed E-state index contributed by atoms with van der Waals surface area (Å²) in [5, 5.41) is 16.7. The number of nitrogens with two attached hydrogens (primary N) is 1. The Morgan fingerprint density at radius 1 is 1.38 bits per heavy atom. The molecule has 0 heterocycles. The number of aliphatic hydroxyl groups excluding tert-OH is 1. The molecule has 0 spiro atoms. The fourth-order valence-electron chi connectivity index (χ4n) is 0.927. The highest BCUT2D eigenvalue weighted by Gasteiger charge is 1.97. The molecule has 3 heteroatoms. The van der Waals surface area contributed by atoms with Gasteiger partial charge in [-0.05, 0) is 5.56 Å². The van der Waals surface area contributed by atoms with Crippen molar-refractivity contribution in [1.29, 1.82) is 5.41 Å². The molecule has 0 saturated carbocycles. The monoisotopic (exact) mass is 176 g/mol. The first-order chi connectivity index (χ1) is 6.24. The topological polar surface area (TPSA) is 70.1 Å². The van der Waals surface area contributed by atoms with Crippen molar-refractivity contribution in [2.45, 2.75) is 0 Å². The van der Waals surface area contributed by atoms with Crippen molar-refractivity contribution in [3.63, 3.8) is 0 Å². The van der Waals surface area contributed by atoms with Gasteiger partial charge in [-0.2, -0.15) is 0 Å². The van der Waals surface area contributed by atoms with Gasteiger partial charge < -0.3 is 16.2 Å². The van der Waals surface area contributed by atoms with Crippen LogP contribution in [-0.4, -0.2) is 17.4 Å². The number of aliphatic hydroxyl groups is 1. The fraction of sp³-hybridized carbons (Fsp3) is 0.100. The van der Waals surface area contributed by atoms with Crippen LogP contribution in [0.15, 0.2) is 42.2 Å². The highest BCUT2D eigenvalue weighted by Crippen LogP contribution is 2.01. The van der Waals surface area contributed by atoms with Gasteiger partial charge in [0.1, 0.15) is 5.76 Å². The van der Waals surface area contributed by atoms with Crippen LogP contribution in [0.2, 0.25) is 0 Å². The van der Waals surface area contributed by atoms with Gasteiger partial charge in [0.05, 0.1) is 12.3 Å². The van der Waals surface area contributed by atoms with Gasteiger partial charge in [-0.1, -0.05) is 30.3 Å². The second-order valence-corrected chi connectivity index (χ2v) is 2.62. The van der Waals surface area contributed by atoms with Crippen molar-refractivity contribution in [2.75, 3.05) is 6.54 Å². The van der Waals surface area contributed by atoms with Crippen LogP contribution >= 0.6 is 0 Å². The van der Waals surface area contributed by atoms with Gasteiger partial charge >= 0.3 is 0 Å². The number of nitrogens with one attached hydrogen (secondary N) is 1. The van der Waals surface area contributed by atoms with Crippen molar-refractivity contribution in [3.05, 3.63) is 47.7 Å². The van der Waals surface area contributed by atoms with E-state index in [1.165, 1.54) is 6.08 Å². The molecule has 1 aromatic carbocycles. The first-order valence-electron chi connectivity index (χ1n) is 3.97. The van der Waals surface area contributed by atoms with Crippen molar-refractivity contribution in [1.82, 2.24) is 0 Å². The minimum Gasteiger partial charge on any atom is -0.511 e. The Labute approximate surface area is 77.0 Å². The predicted octanol–water partition coefficient (Wildman–Crippen LogP) is 1.46. The molecule has 13 heavy (non-hydrogen) atoms. The molecule has 1 aromatic rings. The molecule has 0 radical (unpaired) electrons. The summed E-state index contributed by atoms with van der Waals surface area (Å²) in [4.78, 5) is 0. The van der Waals surface area contributed by atoms with Crippen LogP contribution in [-0.2, 0) is 0 Å². The highest BCUT2D eigenvalue weighted by atomic mass is 16.3. The molecule has 68 valence electrons. The van der Waals surface area contributed by atoms with Gasteiger partial charge in [0.15, 0.2) is 0 Å². The minimum absolute atomic E-state index is 0.0221. The third-order valence-electron chi connectivity index (χ3n) is 1.60. The van der Waals surface area contributed by atoms with E-state index in [-0.39, 0.29) is 18.0 Å². The standard InChI is InChI=1S/C10H12N2O/c11-7-9(13)6-10(12)8-4-2-1-3-5-8/h1-6,12-13H,7,11H2/b9-6-,12-10?. The van der Waals surface area contributed by atoms with Crippen LogP contribution in [0, 0.1) is 5.41 Å². The molecule has 0 aliphatic carbocycles. The van der Waals surface area contributed by atoms with Crippen LogP contribution in [0.1, 0.15) is 5.56 Å². The molecule has 0 aliphatic heterocycles. The zero-order valence-electron chi connectivity index (χ0n) is 7.20. The predicted molar refractivity (Wildman–Crippen MR) is 53.0 cm³/mol. The lowest BCUT2D eigenvalue weighted by Gasteiger charge is -1.98. The van der Waals surface area contributed by atoms with E-state index in [9.17, 15) is 0 Å². The molecule has 0 saturated heterocycles. The second kappa shape index (κ2) is 4.42. The summed E-state index contributed by atoms with van der Waals surface area (Å²) in [5.41, 5.74) is 6.22. The van der Waals surface area contributed by atoms with Crippen LogP contribution in [0.3, 0.4) is 0 Å². The van der Waals surface area contributed by atoms with E-state index in [1.54, 1.807) is 0 Å². The third kappa shape index (κ3) is 2.72. The summed E-state index contributed by atoms with van der Waals surface area (Å²) in [6.07, 6.45) is 1.36. The van der Waals surface area contributed by atoms with E-state index in [0.717, 1.165) is 5.56 Å². The Kier molecular flexibility index (Phi) is 3.23. The molecule has 0 amide bonds. The zero-order valence-corrected chi connectivity index (χ0v) is 7.20. The molecule has 0 aromatic heterocycles. The molecule has 0 fully saturated rings. The number of rotatable bonds is 3. The lowest BCUT2D eigenvalue weighted by Crippen LogP contribution is -2.05. The van der Waals surface area contributed by atoms with Crippen molar-refractivity contribution in [3.8, 4) is 0 Å². The molecule has 0 aliphatic rings. The molecule has 1 rings (SSSR count). The molecular weight excluding hydrogens is 164 g/mol. The van der Waals surface area contributed by atoms with Gasteiger partial charge in [0, 0.05) is 6.08 Å². The van der Waals surface area contributed by atoms with Gasteiger partial charge in [0.25, 0.3) is 0 Å². The van der Waals surface area contributed by atoms with Crippen molar-refractivity contribution < 1.29 is 5.11 Å². The first kappa shape index (κ1) is 9.48. The normalized spacial score (nSPS) is 11.3. The van der Waals surface area contributed by atoms with E-state index in [1.807, 2.05) is 30.3 Å². The van der Waals surface area contributed by atoms with E-state index in [2.05, 4.69) is 0 Å². The van der Waals surface area contributed by atoms with Crippen LogP contribution in [0.4, 0.5) is 0 Å².